The molecule has 2 nitrogen and oxygen atoms in total. The second-order valence-electron chi connectivity index (χ2n) is 16.2. The van der Waals surface area contributed by atoms with Crippen molar-refractivity contribution >= 4 is 22.8 Å². The molecule has 0 bridgehead atoms. The molecule has 3 aliphatic rings. The molecule has 2 heteroatoms. The maximum atomic E-state index is 5.11. The van der Waals surface area contributed by atoms with Gasteiger partial charge in [0.05, 0.1) is 5.70 Å². The lowest BCUT2D eigenvalue weighted by Gasteiger charge is -2.24. The quantitative estimate of drug-likeness (QED) is 0.121. The van der Waals surface area contributed by atoms with E-state index < -0.39 is 0 Å². The molecule has 0 heterocycles. The van der Waals surface area contributed by atoms with Gasteiger partial charge in [-0.05, 0) is 110 Å². The van der Waals surface area contributed by atoms with Crippen molar-refractivity contribution < 1.29 is 0 Å². The molecule has 6 aromatic rings. The summed E-state index contributed by atoms with van der Waals surface area (Å²) in [6.07, 6.45) is 6.92. The minimum atomic E-state index is -0.0449. The molecule has 0 fully saturated rings. The molecule has 3 aliphatic carbocycles. The van der Waals surface area contributed by atoms with Gasteiger partial charge in [0.1, 0.15) is 0 Å². The number of aliphatic imine (C=N–C) groups is 2. The summed E-state index contributed by atoms with van der Waals surface area (Å²) < 4.78 is 0. The van der Waals surface area contributed by atoms with Crippen molar-refractivity contribution in [1.29, 1.82) is 0 Å². The third kappa shape index (κ3) is 5.97. The van der Waals surface area contributed by atoms with Gasteiger partial charge < -0.3 is 0 Å². The predicted molar refractivity (Wildman–Crippen MR) is 234 cm³/mol. The summed E-state index contributed by atoms with van der Waals surface area (Å²) in [5.74, 6) is 0.638. The van der Waals surface area contributed by atoms with Crippen molar-refractivity contribution in [2.75, 3.05) is 0 Å². The summed E-state index contributed by atoms with van der Waals surface area (Å²) in [5, 5.41) is 0. The van der Waals surface area contributed by atoms with Crippen LogP contribution in [0, 0.1) is 0 Å². The van der Waals surface area contributed by atoms with E-state index in [0.717, 1.165) is 40.8 Å². The fourth-order valence-electron chi connectivity index (χ4n) is 8.98. The van der Waals surface area contributed by atoms with Crippen LogP contribution in [0.25, 0.3) is 44.7 Å². The van der Waals surface area contributed by atoms with Gasteiger partial charge in [-0.15, -0.1) is 0 Å². The Morgan fingerprint density at radius 1 is 0.527 bits per heavy atom. The van der Waals surface area contributed by atoms with Gasteiger partial charge in [0.25, 0.3) is 0 Å². The minimum Gasteiger partial charge on any atom is -0.233 e. The first-order valence-corrected chi connectivity index (χ1v) is 19.5. The van der Waals surface area contributed by atoms with Crippen LogP contribution in [0.2, 0.25) is 0 Å². The van der Waals surface area contributed by atoms with E-state index in [-0.39, 0.29) is 10.8 Å². The third-order valence-corrected chi connectivity index (χ3v) is 12.2. The number of amidine groups is 1. The first-order valence-electron chi connectivity index (χ1n) is 19.5. The number of hydrogen-bond donors (Lipinski definition) is 0. The van der Waals surface area contributed by atoms with Crippen LogP contribution in [0.4, 0.5) is 0 Å². The zero-order valence-electron chi connectivity index (χ0n) is 32.4. The van der Waals surface area contributed by atoms with Crippen LogP contribution >= 0.6 is 0 Å². The number of rotatable bonds is 6. The van der Waals surface area contributed by atoms with Crippen LogP contribution in [-0.4, -0.2) is 11.5 Å². The second kappa shape index (κ2) is 13.3. The van der Waals surface area contributed by atoms with E-state index in [1.54, 1.807) is 0 Å². The summed E-state index contributed by atoms with van der Waals surface area (Å²) in [4.78, 5) is 10.2. The molecule has 9 rings (SSSR count). The first-order chi connectivity index (χ1) is 26.6. The summed E-state index contributed by atoms with van der Waals surface area (Å²) in [6.45, 7) is 15.9. The van der Waals surface area contributed by atoms with Gasteiger partial charge >= 0.3 is 0 Å². The van der Waals surface area contributed by atoms with Gasteiger partial charge in [-0.1, -0.05) is 174 Å². The van der Waals surface area contributed by atoms with Gasteiger partial charge in [0.2, 0.25) is 0 Å². The van der Waals surface area contributed by atoms with E-state index in [0.29, 0.717) is 11.5 Å². The van der Waals surface area contributed by atoms with Crippen molar-refractivity contribution in [3.05, 3.63) is 203 Å². The van der Waals surface area contributed by atoms with Gasteiger partial charge in [-0.3, -0.25) is 0 Å². The van der Waals surface area contributed by atoms with Crippen molar-refractivity contribution in [2.45, 2.75) is 58.3 Å². The second-order valence-corrected chi connectivity index (χ2v) is 16.2. The Kier molecular flexibility index (Phi) is 8.39. The molecule has 0 saturated heterocycles. The summed E-state index contributed by atoms with van der Waals surface area (Å²) in [7, 11) is 0. The van der Waals surface area contributed by atoms with Crippen molar-refractivity contribution in [2.24, 2.45) is 9.98 Å². The van der Waals surface area contributed by atoms with Crippen LogP contribution in [0.15, 0.2) is 174 Å². The average molecular weight is 711 g/mol. The van der Waals surface area contributed by atoms with Crippen molar-refractivity contribution in [3.63, 3.8) is 0 Å². The molecule has 0 aromatic heterocycles. The van der Waals surface area contributed by atoms with Crippen LogP contribution in [0.5, 0.6) is 0 Å². The first kappa shape index (κ1) is 34.6. The number of nitrogens with zero attached hydrogens (tertiary/aromatic N) is 2. The van der Waals surface area contributed by atoms with E-state index in [1.807, 2.05) is 25.1 Å². The lowest BCUT2D eigenvalue weighted by Crippen LogP contribution is -2.16. The predicted octanol–water partition coefficient (Wildman–Crippen LogP) is 13.6. The summed E-state index contributed by atoms with van der Waals surface area (Å²) in [5.41, 5.74) is 20.6. The van der Waals surface area contributed by atoms with E-state index in [2.05, 4.69) is 168 Å². The highest BCUT2D eigenvalue weighted by molar-refractivity contribution is 6.12. The maximum absolute atomic E-state index is 5.11. The molecule has 268 valence electrons. The topological polar surface area (TPSA) is 24.7 Å². The molecular formula is C53H46N2. The lowest BCUT2D eigenvalue weighted by molar-refractivity contribution is 0.651. The number of fused-ring (bicyclic) bond motifs is 5. The molecule has 0 spiro atoms. The van der Waals surface area contributed by atoms with Gasteiger partial charge in [0.15, 0.2) is 5.84 Å². The normalized spacial score (nSPS) is 16.4. The fourth-order valence-corrected chi connectivity index (χ4v) is 8.98. The summed E-state index contributed by atoms with van der Waals surface area (Å²) >= 11 is 0. The van der Waals surface area contributed by atoms with E-state index in [4.69, 9.17) is 9.98 Å². The van der Waals surface area contributed by atoms with Crippen molar-refractivity contribution in [1.82, 2.24) is 0 Å². The summed E-state index contributed by atoms with van der Waals surface area (Å²) in [6, 6.07) is 50.3. The van der Waals surface area contributed by atoms with Gasteiger partial charge in [0, 0.05) is 22.1 Å². The Hall–Kier alpha value is -6.12. The molecule has 0 N–H and O–H groups in total. The monoisotopic (exact) mass is 710 g/mol. The van der Waals surface area contributed by atoms with Crippen LogP contribution < -0.4 is 0 Å². The highest BCUT2D eigenvalue weighted by atomic mass is 14.9. The van der Waals surface area contributed by atoms with Gasteiger partial charge in [-0.2, -0.15) is 0 Å². The Morgan fingerprint density at radius 2 is 1.09 bits per heavy atom. The molecule has 0 unspecified atom stereocenters. The number of hydrogen-bond acceptors (Lipinski definition) is 1. The molecular weight excluding hydrogens is 665 g/mol. The Balaban J connectivity index is 1.02. The van der Waals surface area contributed by atoms with E-state index in [1.165, 1.54) is 61.2 Å². The lowest BCUT2D eigenvalue weighted by atomic mass is 9.79. The fraction of sp³-hybridized carbons (Fsp3) is 0.170. The highest BCUT2D eigenvalue weighted by Gasteiger charge is 2.37. The molecule has 0 atom stereocenters. The maximum Gasteiger partial charge on any atom is 0.160 e. The van der Waals surface area contributed by atoms with Crippen molar-refractivity contribution in [3.8, 4) is 33.4 Å². The zero-order chi connectivity index (χ0) is 37.9. The van der Waals surface area contributed by atoms with Crippen LogP contribution in [0.3, 0.4) is 0 Å². The molecule has 6 aromatic carbocycles. The van der Waals surface area contributed by atoms with Gasteiger partial charge in [-0.25, -0.2) is 9.98 Å². The number of benzene rings is 6. The Labute approximate surface area is 326 Å². The highest BCUT2D eigenvalue weighted by Crippen LogP contribution is 2.51. The molecule has 0 saturated carbocycles. The zero-order valence-corrected chi connectivity index (χ0v) is 32.4. The molecule has 0 amide bonds. The van der Waals surface area contributed by atoms with E-state index >= 15 is 0 Å². The molecule has 0 aliphatic heterocycles. The molecule has 0 radical (unpaired) electrons. The minimum absolute atomic E-state index is 0.0121. The smallest absolute Gasteiger partial charge is 0.160 e. The largest absolute Gasteiger partial charge is 0.233 e. The Morgan fingerprint density at radius 3 is 1.78 bits per heavy atom. The number of allylic oxidation sites excluding steroid dienone is 4. The van der Waals surface area contributed by atoms with Crippen LogP contribution in [-0.2, 0) is 10.8 Å². The Bertz CT molecular complexity index is 2620. The van der Waals surface area contributed by atoms with E-state index in [9.17, 15) is 0 Å². The standard InChI is InChI=1S/C53H46N2/c1-34(36-14-8-7-9-15-36)54-51(40-26-24-39(25-27-40)42-29-31-46-44-17-11-13-19-48(44)53(5,6)50(46)33-42)55-35(2)37-20-22-38(23-21-37)41-28-30-45-43-16-10-12-18-47(43)52(3,4)49(45)32-41/h7-9,11-15,17-33H,2,10,16H2,1,3-6H3/b54-34+,55-51-. The third-order valence-electron chi connectivity index (χ3n) is 12.2. The SMILES string of the molecule is C=C(/N=C(\N=C(/C)c1ccccc1)c1ccc(-c2ccc3c(c2)C(C)(C)c2ccccc2-3)cc1)c1ccc(-c2ccc3c(c2)C(C)(C)C2=C3CCC=C2)cc1. The average Bonchev–Trinajstić information content (AvgIpc) is 3.60. The van der Waals surface area contributed by atoms with Crippen LogP contribution in [0.1, 0.15) is 86.4 Å². The molecule has 55 heavy (non-hydrogen) atoms.